The van der Waals surface area contributed by atoms with Crippen molar-refractivity contribution in [3.8, 4) is 0 Å². The van der Waals surface area contributed by atoms with Gasteiger partial charge in [0.1, 0.15) is 6.67 Å². The van der Waals surface area contributed by atoms with Crippen molar-refractivity contribution in [2.45, 2.75) is 51.7 Å². The van der Waals surface area contributed by atoms with Crippen LogP contribution >= 0.6 is 0 Å². The Labute approximate surface area is 96.7 Å². The molecule has 0 radical (unpaired) electrons. The van der Waals surface area contributed by atoms with E-state index in [1.54, 1.807) is 0 Å². The maximum atomic E-state index is 12.5. The first-order chi connectivity index (χ1) is 7.61. The van der Waals surface area contributed by atoms with Crippen LogP contribution in [0.2, 0.25) is 0 Å². The highest BCUT2D eigenvalue weighted by Gasteiger charge is 2.20. The van der Waals surface area contributed by atoms with Gasteiger partial charge in [-0.1, -0.05) is 6.92 Å². The van der Waals surface area contributed by atoms with Gasteiger partial charge in [-0.2, -0.15) is 0 Å². The van der Waals surface area contributed by atoms with Crippen LogP contribution in [-0.2, 0) is 9.53 Å². The largest absolute Gasteiger partial charge is 0.376 e. The molecular formula is C12H22FNO2. The predicted molar refractivity (Wildman–Crippen MR) is 61.0 cm³/mol. The molecule has 0 aliphatic heterocycles. The zero-order chi connectivity index (χ0) is 12.0. The molecule has 16 heavy (non-hydrogen) atoms. The summed E-state index contributed by atoms with van der Waals surface area (Å²) in [5, 5.41) is 2.54. The number of hydrogen-bond acceptors (Lipinski definition) is 2. The fraction of sp³-hybridized carbons (Fsp3) is 0.917. The van der Waals surface area contributed by atoms with Crippen LogP contribution in [0.1, 0.15) is 39.5 Å². The smallest absolute Gasteiger partial charge is 0.217 e. The van der Waals surface area contributed by atoms with E-state index in [0.717, 1.165) is 18.8 Å². The number of ether oxygens (including phenoxy) is 1. The fourth-order valence-electron chi connectivity index (χ4n) is 2.06. The van der Waals surface area contributed by atoms with E-state index in [-0.39, 0.29) is 18.6 Å². The first kappa shape index (κ1) is 13.4. The molecule has 1 saturated carbocycles. The minimum atomic E-state index is -0.567. The Morgan fingerprint density at radius 3 is 2.56 bits per heavy atom. The van der Waals surface area contributed by atoms with Crippen LogP contribution in [0, 0.1) is 5.92 Å². The molecule has 0 heterocycles. The molecule has 1 amide bonds. The molecule has 1 aliphatic rings. The zero-order valence-electron chi connectivity index (χ0n) is 10.2. The summed E-state index contributed by atoms with van der Waals surface area (Å²) in [4.78, 5) is 10.8. The summed E-state index contributed by atoms with van der Waals surface area (Å²) in [7, 11) is 0. The first-order valence-corrected chi connectivity index (χ1v) is 6.06. The van der Waals surface area contributed by atoms with Crippen LogP contribution in [0.25, 0.3) is 0 Å². The van der Waals surface area contributed by atoms with Crippen LogP contribution < -0.4 is 5.32 Å². The average molecular weight is 231 g/mol. The Morgan fingerprint density at radius 1 is 1.44 bits per heavy atom. The molecule has 1 aliphatic carbocycles. The number of nitrogens with one attached hydrogen (secondary N) is 1. The van der Waals surface area contributed by atoms with E-state index in [0.29, 0.717) is 0 Å². The second-order valence-electron chi connectivity index (χ2n) is 4.77. The molecule has 94 valence electrons. The van der Waals surface area contributed by atoms with Gasteiger partial charge in [-0.3, -0.25) is 4.79 Å². The van der Waals surface area contributed by atoms with E-state index in [2.05, 4.69) is 12.2 Å². The lowest BCUT2D eigenvalue weighted by molar-refractivity contribution is -0.120. The molecule has 4 heteroatoms. The third-order valence-electron chi connectivity index (χ3n) is 3.09. The summed E-state index contributed by atoms with van der Waals surface area (Å²) in [5.74, 6) is 0.579. The molecule has 1 rings (SSSR count). The van der Waals surface area contributed by atoms with Crippen LogP contribution in [-0.4, -0.2) is 31.3 Å². The van der Waals surface area contributed by atoms with E-state index in [1.165, 1.54) is 19.8 Å². The monoisotopic (exact) mass is 231 g/mol. The lowest BCUT2D eigenvalue weighted by Gasteiger charge is -2.27. The average Bonchev–Trinajstić information content (AvgIpc) is 2.26. The number of alkyl halides is 1. The lowest BCUT2D eigenvalue weighted by Crippen LogP contribution is -2.39. The van der Waals surface area contributed by atoms with Gasteiger partial charge in [0, 0.05) is 6.92 Å². The second kappa shape index (κ2) is 6.84. The van der Waals surface area contributed by atoms with Crippen molar-refractivity contribution in [1.29, 1.82) is 0 Å². The molecule has 3 nitrogen and oxygen atoms in total. The molecule has 1 atom stereocenters. The number of amides is 1. The molecule has 0 aromatic heterocycles. The Hall–Kier alpha value is -0.640. The topological polar surface area (TPSA) is 38.3 Å². The van der Waals surface area contributed by atoms with Gasteiger partial charge in [0.25, 0.3) is 0 Å². The van der Waals surface area contributed by atoms with Crippen LogP contribution in [0.5, 0.6) is 0 Å². The number of carbonyl (C=O) groups is 1. The molecule has 0 aromatic rings. The minimum absolute atomic E-state index is 0.205. The van der Waals surface area contributed by atoms with Gasteiger partial charge in [-0.15, -0.1) is 0 Å². The minimum Gasteiger partial charge on any atom is -0.376 e. The Morgan fingerprint density at radius 2 is 2.06 bits per heavy atom. The summed E-state index contributed by atoms with van der Waals surface area (Å²) in [6, 6.07) is -0.489. The molecular weight excluding hydrogens is 209 g/mol. The SMILES string of the molecule is CC(=O)N[C@@H](CF)COC1CCC(C)CC1. The van der Waals surface area contributed by atoms with Gasteiger partial charge < -0.3 is 10.1 Å². The second-order valence-corrected chi connectivity index (χ2v) is 4.77. The van der Waals surface area contributed by atoms with Crippen molar-refractivity contribution < 1.29 is 13.9 Å². The highest BCUT2D eigenvalue weighted by Crippen LogP contribution is 2.25. The van der Waals surface area contributed by atoms with E-state index >= 15 is 0 Å². The fourth-order valence-corrected chi connectivity index (χ4v) is 2.06. The van der Waals surface area contributed by atoms with E-state index in [1.807, 2.05) is 0 Å². The third-order valence-corrected chi connectivity index (χ3v) is 3.09. The standard InChI is InChI=1S/C12H22FNO2/c1-9-3-5-12(6-4-9)16-8-11(7-13)14-10(2)15/h9,11-12H,3-8H2,1-2H3,(H,14,15)/t9?,11-,12?/m0/s1. The van der Waals surface area contributed by atoms with Gasteiger partial charge in [0.05, 0.1) is 18.8 Å². The Balaban J connectivity index is 2.19. The van der Waals surface area contributed by atoms with Crippen LogP contribution in [0.15, 0.2) is 0 Å². The number of carbonyl (C=O) groups excluding carboxylic acids is 1. The highest BCUT2D eigenvalue weighted by atomic mass is 19.1. The van der Waals surface area contributed by atoms with Crippen molar-refractivity contribution in [1.82, 2.24) is 5.32 Å². The van der Waals surface area contributed by atoms with Crippen LogP contribution in [0.3, 0.4) is 0 Å². The van der Waals surface area contributed by atoms with E-state index in [4.69, 9.17) is 4.74 Å². The maximum absolute atomic E-state index is 12.5. The molecule has 0 saturated heterocycles. The van der Waals surface area contributed by atoms with Gasteiger partial charge in [0.2, 0.25) is 5.91 Å². The zero-order valence-corrected chi connectivity index (χ0v) is 10.2. The van der Waals surface area contributed by atoms with Crippen molar-refractivity contribution in [3.63, 3.8) is 0 Å². The van der Waals surface area contributed by atoms with Gasteiger partial charge in [-0.25, -0.2) is 4.39 Å². The number of halogens is 1. The quantitative estimate of drug-likeness (QED) is 0.786. The molecule has 1 fully saturated rings. The maximum Gasteiger partial charge on any atom is 0.217 e. The highest BCUT2D eigenvalue weighted by molar-refractivity contribution is 5.73. The van der Waals surface area contributed by atoms with Gasteiger partial charge in [0.15, 0.2) is 0 Å². The van der Waals surface area contributed by atoms with Crippen molar-refractivity contribution in [2.75, 3.05) is 13.3 Å². The summed E-state index contributed by atoms with van der Waals surface area (Å²) in [5.41, 5.74) is 0. The summed E-state index contributed by atoms with van der Waals surface area (Å²) in [6.45, 7) is 3.36. The summed E-state index contributed by atoms with van der Waals surface area (Å²) in [6.07, 6.45) is 4.73. The molecule has 1 N–H and O–H groups in total. The first-order valence-electron chi connectivity index (χ1n) is 6.06. The van der Waals surface area contributed by atoms with Crippen LogP contribution in [0.4, 0.5) is 4.39 Å². The number of rotatable bonds is 5. The normalized spacial score (nSPS) is 27.4. The van der Waals surface area contributed by atoms with Crippen molar-refractivity contribution in [2.24, 2.45) is 5.92 Å². The third kappa shape index (κ3) is 4.92. The van der Waals surface area contributed by atoms with Crippen molar-refractivity contribution >= 4 is 5.91 Å². The lowest BCUT2D eigenvalue weighted by atomic mass is 9.89. The van der Waals surface area contributed by atoms with Crippen molar-refractivity contribution in [3.05, 3.63) is 0 Å². The molecule has 0 aromatic carbocycles. The Bertz CT molecular complexity index is 215. The van der Waals surface area contributed by atoms with E-state index < -0.39 is 12.7 Å². The van der Waals surface area contributed by atoms with Gasteiger partial charge in [-0.05, 0) is 31.6 Å². The molecule has 0 unspecified atom stereocenters. The predicted octanol–water partition coefficient (Wildman–Crippen LogP) is 2.06. The summed E-state index contributed by atoms with van der Waals surface area (Å²) < 4.78 is 18.2. The molecule has 0 bridgehead atoms. The van der Waals surface area contributed by atoms with Gasteiger partial charge >= 0.3 is 0 Å². The Kier molecular flexibility index (Phi) is 5.74. The number of hydrogen-bond donors (Lipinski definition) is 1. The summed E-state index contributed by atoms with van der Waals surface area (Å²) >= 11 is 0. The van der Waals surface area contributed by atoms with E-state index in [9.17, 15) is 9.18 Å². The molecule has 0 spiro atoms.